The number of anilines is 1. The Morgan fingerprint density at radius 1 is 0.969 bits per heavy atom. The average molecular weight is 435 g/mol. The molecule has 1 aliphatic rings. The predicted octanol–water partition coefficient (Wildman–Crippen LogP) is 4.87. The molecule has 7 heteroatoms. The SMILES string of the molecule is COc1ccc(-c2c(-c3ccc(C#N)c(F)c3)cc(N3CCCCC3)c(=O)n2C)cc1F. The van der Waals surface area contributed by atoms with Gasteiger partial charge >= 0.3 is 0 Å². The van der Waals surface area contributed by atoms with Gasteiger partial charge < -0.3 is 14.2 Å². The summed E-state index contributed by atoms with van der Waals surface area (Å²) in [7, 11) is 3.02. The molecule has 0 bridgehead atoms. The Morgan fingerprint density at radius 3 is 2.28 bits per heavy atom. The van der Waals surface area contributed by atoms with Crippen LogP contribution in [-0.2, 0) is 7.05 Å². The Hall–Kier alpha value is -3.66. The Morgan fingerprint density at radius 2 is 1.66 bits per heavy atom. The van der Waals surface area contributed by atoms with E-state index in [2.05, 4.69) is 0 Å². The molecule has 164 valence electrons. The molecule has 0 radical (unpaired) electrons. The highest BCUT2D eigenvalue weighted by molar-refractivity contribution is 5.84. The first-order valence-corrected chi connectivity index (χ1v) is 10.5. The van der Waals surface area contributed by atoms with Gasteiger partial charge in [-0.25, -0.2) is 8.78 Å². The molecule has 32 heavy (non-hydrogen) atoms. The third kappa shape index (κ3) is 3.84. The highest BCUT2D eigenvalue weighted by Crippen LogP contribution is 2.36. The van der Waals surface area contributed by atoms with Gasteiger partial charge in [-0.2, -0.15) is 5.26 Å². The highest BCUT2D eigenvalue weighted by atomic mass is 19.1. The number of nitriles is 1. The molecule has 0 N–H and O–H groups in total. The van der Waals surface area contributed by atoms with Crippen molar-refractivity contribution in [3.05, 3.63) is 70.0 Å². The van der Waals surface area contributed by atoms with Crippen LogP contribution in [0, 0.1) is 23.0 Å². The summed E-state index contributed by atoms with van der Waals surface area (Å²) < 4.78 is 35.5. The lowest BCUT2D eigenvalue weighted by atomic mass is 9.96. The molecule has 0 saturated carbocycles. The van der Waals surface area contributed by atoms with Crippen LogP contribution in [0.2, 0.25) is 0 Å². The van der Waals surface area contributed by atoms with Crippen molar-refractivity contribution in [1.82, 2.24) is 4.57 Å². The summed E-state index contributed by atoms with van der Waals surface area (Å²) in [5, 5.41) is 9.09. The van der Waals surface area contributed by atoms with Crippen LogP contribution in [0.3, 0.4) is 0 Å². The average Bonchev–Trinajstić information content (AvgIpc) is 2.81. The Labute approximate surface area is 185 Å². The summed E-state index contributed by atoms with van der Waals surface area (Å²) in [6.45, 7) is 1.54. The largest absolute Gasteiger partial charge is 0.494 e. The number of rotatable bonds is 4. The Bertz CT molecular complexity index is 1270. The zero-order valence-electron chi connectivity index (χ0n) is 18.0. The second-order valence-corrected chi connectivity index (χ2v) is 7.86. The number of ether oxygens (including phenoxy) is 1. The molecule has 5 nitrogen and oxygen atoms in total. The lowest BCUT2D eigenvalue weighted by Crippen LogP contribution is -2.36. The van der Waals surface area contributed by atoms with Crippen LogP contribution in [0.5, 0.6) is 5.75 Å². The molecule has 0 atom stereocenters. The summed E-state index contributed by atoms with van der Waals surface area (Å²) in [4.78, 5) is 15.4. The first kappa shape index (κ1) is 21.6. The maximum absolute atomic E-state index is 14.5. The zero-order valence-corrected chi connectivity index (χ0v) is 18.0. The fraction of sp³-hybridized carbons (Fsp3) is 0.280. The van der Waals surface area contributed by atoms with E-state index >= 15 is 0 Å². The van der Waals surface area contributed by atoms with Crippen molar-refractivity contribution < 1.29 is 13.5 Å². The molecule has 3 aromatic rings. The lowest BCUT2D eigenvalue weighted by Gasteiger charge is -2.29. The first-order valence-electron chi connectivity index (χ1n) is 10.5. The Kier molecular flexibility index (Phi) is 5.95. The van der Waals surface area contributed by atoms with Crippen LogP contribution in [0.15, 0.2) is 47.3 Å². The smallest absolute Gasteiger partial charge is 0.274 e. The summed E-state index contributed by atoms with van der Waals surface area (Å²) in [5.74, 6) is -1.12. The maximum Gasteiger partial charge on any atom is 0.274 e. The van der Waals surface area contributed by atoms with E-state index in [9.17, 15) is 13.6 Å². The van der Waals surface area contributed by atoms with Gasteiger partial charge in [-0.15, -0.1) is 0 Å². The standard InChI is InChI=1S/C25H23F2N3O2/c1-29-24(17-8-9-23(32-2)21(27)13-17)19(16-6-7-18(15-28)20(26)12-16)14-22(25(29)31)30-10-4-3-5-11-30/h6-9,12-14H,3-5,10-11H2,1-2H3. The van der Waals surface area contributed by atoms with E-state index in [-0.39, 0.29) is 16.9 Å². The molecule has 0 amide bonds. The molecule has 1 saturated heterocycles. The number of hydrogen-bond donors (Lipinski definition) is 0. The second-order valence-electron chi connectivity index (χ2n) is 7.86. The van der Waals surface area contributed by atoms with E-state index in [0.717, 1.165) is 32.4 Å². The van der Waals surface area contributed by atoms with Crippen LogP contribution in [-0.4, -0.2) is 24.8 Å². The van der Waals surface area contributed by atoms with Gasteiger partial charge in [-0.05, 0) is 61.2 Å². The molecule has 0 aliphatic carbocycles. The van der Waals surface area contributed by atoms with Gasteiger partial charge in [0.1, 0.15) is 17.6 Å². The zero-order chi connectivity index (χ0) is 22.8. The second kappa shape index (κ2) is 8.83. The third-order valence-electron chi connectivity index (χ3n) is 5.92. The summed E-state index contributed by atoms with van der Waals surface area (Å²) in [6, 6.07) is 12.4. The molecule has 1 aromatic heterocycles. The van der Waals surface area contributed by atoms with Crippen LogP contribution in [0.4, 0.5) is 14.5 Å². The number of aromatic nitrogens is 1. The Balaban J connectivity index is 1.98. The fourth-order valence-electron chi connectivity index (χ4n) is 4.24. The molecule has 2 heterocycles. The van der Waals surface area contributed by atoms with Gasteiger partial charge in [-0.1, -0.05) is 6.07 Å². The number of hydrogen-bond acceptors (Lipinski definition) is 4. The van der Waals surface area contributed by atoms with Gasteiger partial charge in [0.15, 0.2) is 11.6 Å². The van der Waals surface area contributed by atoms with E-state index in [0.29, 0.717) is 28.1 Å². The quantitative estimate of drug-likeness (QED) is 0.587. The molecule has 1 fully saturated rings. The van der Waals surface area contributed by atoms with Gasteiger partial charge in [0.25, 0.3) is 5.56 Å². The summed E-state index contributed by atoms with van der Waals surface area (Å²) in [5.41, 5.74) is 2.28. The normalized spacial score (nSPS) is 13.7. The maximum atomic E-state index is 14.5. The minimum Gasteiger partial charge on any atom is -0.494 e. The molecular weight excluding hydrogens is 412 g/mol. The molecule has 0 spiro atoms. The minimum absolute atomic E-state index is 0.0631. The van der Waals surface area contributed by atoms with E-state index in [1.807, 2.05) is 11.0 Å². The van der Waals surface area contributed by atoms with Crippen molar-refractivity contribution in [2.75, 3.05) is 25.1 Å². The third-order valence-corrected chi connectivity index (χ3v) is 5.92. The topological polar surface area (TPSA) is 58.3 Å². The molecule has 1 aliphatic heterocycles. The van der Waals surface area contributed by atoms with Gasteiger partial charge in [0.05, 0.1) is 18.4 Å². The van der Waals surface area contributed by atoms with Crippen molar-refractivity contribution in [2.24, 2.45) is 7.05 Å². The van der Waals surface area contributed by atoms with Gasteiger partial charge in [-0.3, -0.25) is 4.79 Å². The van der Waals surface area contributed by atoms with Crippen molar-refractivity contribution in [3.63, 3.8) is 0 Å². The van der Waals surface area contributed by atoms with Crippen molar-refractivity contribution >= 4 is 5.69 Å². The number of halogens is 2. The number of benzene rings is 2. The van der Waals surface area contributed by atoms with Crippen LogP contribution in [0.1, 0.15) is 24.8 Å². The monoisotopic (exact) mass is 435 g/mol. The molecule has 0 unspecified atom stereocenters. The lowest BCUT2D eigenvalue weighted by molar-refractivity contribution is 0.386. The predicted molar refractivity (Wildman–Crippen MR) is 120 cm³/mol. The number of nitrogens with zero attached hydrogens (tertiary/aromatic N) is 3. The summed E-state index contributed by atoms with van der Waals surface area (Å²) >= 11 is 0. The molecular formula is C25H23F2N3O2. The van der Waals surface area contributed by atoms with Crippen molar-refractivity contribution in [2.45, 2.75) is 19.3 Å². The van der Waals surface area contributed by atoms with Crippen LogP contribution < -0.4 is 15.2 Å². The fourth-order valence-corrected chi connectivity index (χ4v) is 4.24. The van der Waals surface area contributed by atoms with Gasteiger partial charge in [0, 0.05) is 31.3 Å². The molecule has 4 rings (SSSR count). The highest BCUT2D eigenvalue weighted by Gasteiger charge is 2.22. The summed E-state index contributed by atoms with van der Waals surface area (Å²) in [6.07, 6.45) is 3.11. The van der Waals surface area contributed by atoms with Crippen molar-refractivity contribution in [3.8, 4) is 34.2 Å². The van der Waals surface area contributed by atoms with E-state index < -0.39 is 11.6 Å². The van der Waals surface area contributed by atoms with Crippen molar-refractivity contribution in [1.29, 1.82) is 5.26 Å². The number of methoxy groups -OCH3 is 1. The first-order chi connectivity index (χ1) is 15.4. The molecule has 2 aromatic carbocycles. The van der Waals surface area contributed by atoms with E-state index in [4.69, 9.17) is 10.00 Å². The number of piperidine rings is 1. The van der Waals surface area contributed by atoms with Crippen LogP contribution >= 0.6 is 0 Å². The van der Waals surface area contributed by atoms with Gasteiger partial charge in [0.2, 0.25) is 0 Å². The van der Waals surface area contributed by atoms with Crippen LogP contribution in [0.25, 0.3) is 22.4 Å². The van der Waals surface area contributed by atoms with E-state index in [1.54, 1.807) is 25.2 Å². The number of pyridine rings is 1. The van der Waals surface area contributed by atoms with E-state index in [1.165, 1.54) is 35.9 Å². The minimum atomic E-state index is -0.648.